The molecule has 0 saturated carbocycles. The second-order valence-electron chi connectivity index (χ2n) is 5.03. The van der Waals surface area contributed by atoms with Gasteiger partial charge in [0.25, 0.3) is 0 Å². The molecule has 1 atom stereocenters. The highest BCUT2D eigenvalue weighted by atomic mass is 16.5. The molecule has 0 amide bonds. The van der Waals surface area contributed by atoms with E-state index in [9.17, 15) is 9.90 Å². The summed E-state index contributed by atoms with van der Waals surface area (Å²) in [6.45, 7) is 4.94. The zero-order valence-electron chi connectivity index (χ0n) is 11.0. The Morgan fingerprint density at radius 1 is 1.44 bits per heavy atom. The van der Waals surface area contributed by atoms with Crippen molar-refractivity contribution in [3.8, 4) is 0 Å². The minimum Gasteiger partial charge on any atom is -0.480 e. The smallest absolute Gasteiger partial charge is 0.321 e. The van der Waals surface area contributed by atoms with Crippen LogP contribution in [0.25, 0.3) is 0 Å². The zero-order valence-corrected chi connectivity index (χ0v) is 11.0. The summed E-state index contributed by atoms with van der Waals surface area (Å²) < 4.78 is 5.32. The predicted molar refractivity (Wildman–Crippen MR) is 68.9 cm³/mol. The van der Waals surface area contributed by atoms with Gasteiger partial charge in [0.15, 0.2) is 0 Å². The topological polar surface area (TPSA) is 58.6 Å². The lowest BCUT2D eigenvalue weighted by atomic mass is 9.70. The zero-order chi connectivity index (χ0) is 13.3. The van der Waals surface area contributed by atoms with Gasteiger partial charge in [-0.3, -0.25) is 4.79 Å². The van der Waals surface area contributed by atoms with E-state index in [1.54, 1.807) is 7.05 Å². The molecule has 0 aromatic heterocycles. The van der Waals surface area contributed by atoms with Crippen molar-refractivity contribution >= 4 is 5.97 Å². The monoisotopic (exact) mass is 249 g/mol. The van der Waals surface area contributed by atoms with Gasteiger partial charge in [-0.2, -0.15) is 0 Å². The predicted octanol–water partition coefficient (Wildman–Crippen LogP) is 1.24. The van der Waals surface area contributed by atoms with Crippen LogP contribution in [0, 0.1) is 13.8 Å². The molecular formula is C14H19NO3. The van der Waals surface area contributed by atoms with Crippen LogP contribution in [0.5, 0.6) is 0 Å². The fourth-order valence-corrected chi connectivity index (χ4v) is 2.71. The number of aryl methyl sites for hydroxylation is 2. The van der Waals surface area contributed by atoms with Crippen molar-refractivity contribution in [1.29, 1.82) is 0 Å². The van der Waals surface area contributed by atoms with Crippen molar-refractivity contribution in [3.05, 3.63) is 34.9 Å². The standard InChI is InChI=1S/C14H19NO3/c1-9-4-5-10(2)11(6-9)14(7-18-8-14)12(15-3)13(16)17/h4-6,12,15H,7-8H2,1-3H3,(H,16,17). The minimum absolute atomic E-state index is 0.448. The fourth-order valence-electron chi connectivity index (χ4n) is 2.71. The van der Waals surface area contributed by atoms with Gasteiger partial charge in [-0.05, 0) is 32.0 Å². The molecule has 2 N–H and O–H groups in total. The first-order valence-corrected chi connectivity index (χ1v) is 6.07. The van der Waals surface area contributed by atoms with Crippen molar-refractivity contribution in [2.45, 2.75) is 25.3 Å². The lowest BCUT2D eigenvalue weighted by Crippen LogP contribution is -2.63. The van der Waals surface area contributed by atoms with Gasteiger partial charge in [0.2, 0.25) is 0 Å². The largest absolute Gasteiger partial charge is 0.480 e. The van der Waals surface area contributed by atoms with Gasteiger partial charge in [0.05, 0.1) is 18.6 Å². The quantitative estimate of drug-likeness (QED) is 0.843. The Morgan fingerprint density at radius 2 is 2.11 bits per heavy atom. The van der Waals surface area contributed by atoms with Crippen LogP contribution < -0.4 is 5.32 Å². The Labute approximate surface area is 107 Å². The van der Waals surface area contributed by atoms with Crippen molar-refractivity contribution in [2.24, 2.45) is 0 Å². The van der Waals surface area contributed by atoms with Gasteiger partial charge in [-0.25, -0.2) is 0 Å². The second-order valence-corrected chi connectivity index (χ2v) is 5.03. The molecule has 98 valence electrons. The van der Waals surface area contributed by atoms with E-state index in [1.165, 1.54) is 0 Å². The molecule has 1 saturated heterocycles. The SMILES string of the molecule is CNC(C(=O)O)C1(c2cc(C)ccc2C)COC1. The molecular weight excluding hydrogens is 230 g/mol. The average Bonchev–Trinajstić information content (AvgIpc) is 2.26. The van der Waals surface area contributed by atoms with Crippen molar-refractivity contribution in [2.75, 3.05) is 20.3 Å². The lowest BCUT2D eigenvalue weighted by Gasteiger charge is -2.46. The molecule has 1 aromatic carbocycles. The molecule has 2 rings (SSSR count). The average molecular weight is 249 g/mol. The number of benzene rings is 1. The third-order valence-electron chi connectivity index (χ3n) is 3.74. The number of aliphatic carboxylic acids is 1. The summed E-state index contributed by atoms with van der Waals surface area (Å²) in [6, 6.07) is 5.54. The number of carboxylic acid groups (broad SMARTS) is 1. The Balaban J connectivity index is 2.49. The second kappa shape index (κ2) is 4.71. The number of nitrogens with one attached hydrogen (secondary N) is 1. The molecule has 0 bridgehead atoms. The van der Waals surface area contributed by atoms with Crippen LogP contribution >= 0.6 is 0 Å². The maximum atomic E-state index is 11.4. The molecule has 0 aliphatic carbocycles. The number of ether oxygens (including phenoxy) is 1. The van der Waals surface area contributed by atoms with Crippen LogP contribution in [0.15, 0.2) is 18.2 Å². The number of carbonyl (C=O) groups is 1. The van der Waals surface area contributed by atoms with E-state index in [1.807, 2.05) is 26.0 Å². The van der Waals surface area contributed by atoms with Gasteiger partial charge >= 0.3 is 5.97 Å². The number of likely N-dealkylation sites (N-methyl/N-ethyl adjacent to an activating group) is 1. The summed E-state index contributed by atoms with van der Waals surface area (Å²) in [5, 5.41) is 12.3. The van der Waals surface area contributed by atoms with Gasteiger partial charge in [0, 0.05) is 0 Å². The first-order valence-electron chi connectivity index (χ1n) is 6.07. The van der Waals surface area contributed by atoms with Crippen LogP contribution in [0.2, 0.25) is 0 Å². The highest BCUT2D eigenvalue weighted by Crippen LogP contribution is 2.38. The molecule has 1 unspecified atom stereocenters. The number of hydrogen-bond acceptors (Lipinski definition) is 3. The van der Waals surface area contributed by atoms with Gasteiger partial charge < -0.3 is 15.2 Å². The molecule has 1 aliphatic rings. The summed E-state index contributed by atoms with van der Waals surface area (Å²) in [4.78, 5) is 11.4. The van der Waals surface area contributed by atoms with Crippen LogP contribution in [0.4, 0.5) is 0 Å². The Hall–Kier alpha value is -1.39. The van der Waals surface area contributed by atoms with E-state index in [0.29, 0.717) is 13.2 Å². The summed E-state index contributed by atoms with van der Waals surface area (Å²) in [5.41, 5.74) is 2.89. The van der Waals surface area contributed by atoms with Crippen molar-refractivity contribution in [3.63, 3.8) is 0 Å². The highest BCUT2D eigenvalue weighted by molar-refractivity contribution is 5.77. The van der Waals surface area contributed by atoms with E-state index in [0.717, 1.165) is 16.7 Å². The number of carboxylic acids is 1. The first kappa shape index (κ1) is 13.1. The van der Waals surface area contributed by atoms with Gasteiger partial charge in [-0.15, -0.1) is 0 Å². The summed E-state index contributed by atoms with van der Waals surface area (Å²) >= 11 is 0. The van der Waals surface area contributed by atoms with Gasteiger partial charge in [-0.1, -0.05) is 23.8 Å². The Kier molecular flexibility index (Phi) is 3.41. The van der Waals surface area contributed by atoms with Crippen LogP contribution in [0.3, 0.4) is 0 Å². The highest BCUT2D eigenvalue weighted by Gasteiger charge is 2.50. The number of rotatable bonds is 4. The molecule has 0 radical (unpaired) electrons. The molecule has 1 aromatic rings. The molecule has 4 heteroatoms. The molecule has 1 heterocycles. The molecule has 18 heavy (non-hydrogen) atoms. The maximum Gasteiger partial charge on any atom is 0.321 e. The summed E-state index contributed by atoms with van der Waals surface area (Å²) in [6.07, 6.45) is 0. The van der Waals surface area contributed by atoms with Gasteiger partial charge in [0.1, 0.15) is 6.04 Å². The third kappa shape index (κ3) is 1.91. The van der Waals surface area contributed by atoms with E-state index >= 15 is 0 Å². The number of hydrogen-bond donors (Lipinski definition) is 2. The minimum atomic E-state index is -0.832. The third-order valence-corrected chi connectivity index (χ3v) is 3.74. The Bertz CT molecular complexity index is 466. The van der Waals surface area contributed by atoms with E-state index in [-0.39, 0.29) is 0 Å². The fraction of sp³-hybridized carbons (Fsp3) is 0.500. The molecule has 4 nitrogen and oxygen atoms in total. The summed E-state index contributed by atoms with van der Waals surface area (Å²) in [7, 11) is 1.68. The normalized spacial score (nSPS) is 19.1. The summed E-state index contributed by atoms with van der Waals surface area (Å²) in [5.74, 6) is -0.832. The Morgan fingerprint density at radius 3 is 2.56 bits per heavy atom. The van der Waals surface area contributed by atoms with Crippen LogP contribution in [0.1, 0.15) is 16.7 Å². The van der Waals surface area contributed by atoms with E-state index in [2.05, 4.69) is 11.4 Å². The van der Waals surface area contributed by atoms with Crippen LogP contribution in [-0.2, 0) is 14.9 Å². The molecule has 0 spiro atoms. The first-order chi connectivity index (χ1) is 8.51. The maximum absolute atomic E-state index is 11.4. The van der Waals surface area contributed by atoms with Crippen molar-refractivity contribution in [1.82, 2.24) is 5.32 Å². The molecule has 1 fully saturated rings. The van der Waals surface area contributed by atoms with Crippen LogP contribution in [-0.4, -0.2) is 37.4 Å². The van der Waals surface area contributed by atoms with E-state index in [4.69, 9.17) is 4.74 Å². The van der Waals surface area contributed by atoms with Crippen molar-refractivity contribution < 1.29 is 14.6 Å². The molecule has 1 aliphatic heterocycles. The van der Waals surface area contributed by atoms with E-state index < -0.39 is 17.4 Å². The lowest BCUT2D eigenvalue weighted by molar-refractivity contribution is -0.150.